The van der Waals surface area contributed by atoms with E-state index in [-0.39, 0.29) is 0 Å². The fourth-order valence-electron chi connectivity index (χ4n) is 4.31. The van der Waals surface area contributed by atoms with E-state index in [2.05, 4.69) is 55.2 Å². The average Bonchev–Trinajstić information content (AvgIpc) is 3.28. The van der Waals surface area contributed by atoms with Gasteiger partial charge in [0.05, 0.1) is 22.4 Å². The first-order chi connectivity index (χ1) is 12.9. The molecule has 0 spiro atoms. The molecule has 0 radical (unpaired) electrons. The highest BCUT2D eigenvalue weighted by molar-refractivity contribution is 5.74. The third-order valence-electron chi connectivity index (χ3n) is 5.68. The number of nitrogens with one attached hydrogen (secondary N) is 3. The van der Waals surface area contributed by atoms with Crippen LogP contribution >= 0.6 is 0 Å². The minimum atomic E-state index is 0.777. The van der Waals surface area contributed by atoms with Gasteiger partial charge in [-0.15, -0.1) is 0 Å². The first kappa shape index (κ1) is 15.6. The molecular formula is C20H24N6. The second-order valence-electron chi connectivity index (χ2n) is 7.37. The van der Waals surface area contributed by atoms with Crippen LogP contribution in [0.4, 0.5) is 0 Å². The van der Waals surface area contributed by atoms with E-state index in [1.54, 1.807) is 12.4 Å². The molecule has 26 heavy (non-hydrogen) atoms. The Morgan fingerprint density at radius 2 is 1.88 bits per heavy atom. The van der Waals surface area contributed by atoms with Crippen LogP contribution in [0, 0.1) is 11.8 Å². The van der Waals surface area contributed by atoms with Crippen molar-refractivity contribution in [2.75, 3.05) is 32.7 Å². The van der Waals surface area contributed by atoms with Crippen molar-refractivity contribution in [3.8, 4) is 0 Å². The molecule has 5 rings (SSSR count). The maximum atomic E-state index is 4.40. The van der Waals surface area contributed by atoms with Gasteiger partial charge in [-0.25, -0.2) is 0 Å². The Bertz CT molecular complexity index is 861. The van der Waals surface area contributed by atoms with Crippen molar-refractivity contribution in [3.63, 3.8) is 0 Å². The summed E-state index contributed by atoms with van der Waals surface area (Å²) in [7, 11) is 0. The predicted octanol–water partition coefficient (Wildman–Crippen LogP) is 1.20. The summed E-state index contributed by atoms with van der Waals surface area (Å²) >= 11 is 0. The molecule has 1 aromatic carbocycles. The Balaban J connectivity index is 1.29. The molecule has 0 amide bonds. The van der Waals surface area contributed by atoms with Gasteiger partial charge in [-0.2, -0.15) is 0 Å². The van der Waals surface area contributed by atoms with Gasteiger partial charge in [0.15, 0.2) is 0 Å². The van der Waals surface area contributed by atoms with Gasteiger partial charge >= 0.3 is 0 Å². The summed E-state index contributed by atoms with van der Waals surface area (Å²) in [6.07, 6.45) is 7.90. The second-order valence-corrected chi connectivity index (χ2v) is 7.37. The number of rotatable bonds is 4. The summed E-state index contributed by atoms with van der Waals surface area (Å²) in [5.74, 6) is 1.59. The molecular weight excluding hydrogens is 324 g/mol. The standard InChI is InChI=1S/C20H24N6/c1-2-17-18(24-6-5-23-17)7-14(1)8-25-19-11-21-4-3-20(19)26-12-15-9-22-10-16(15)13-26/h1-3,5-7,11,15-16,21-22,25H,4,8-10,12-13H2. The number of aromatic nitrogens is 2. The zero-order valence-corrected chi connectivity index (χ0v) is 14.8. The summed E-state index contributed by atoms with van der Waals surface area (Å²) in [5.41, 5.74) is 5.62. The highest BCUT2D eigenvalue weighted by Gasteiger charge is 2.37. The van der Waals surface area contributed by atoms with Crippen LogP contribution in [-0.4, -0.2) is 47.6 Å². The average molecular weight is 348 g/mol. The van der Waals surface area contributed by atoms with Crippen LogP contribution in [0.25, 0.3) is 11.0 Å². The van der Waals surface area contributed by atoms with Gasteiger partial charge in [0.25, 0.3) is 0 Å². The molecule has 0 saturated carbocycles. The van der Waals surface area contributed by atoms with Crippen LogP contribution in [0.2, 0.25) is 0 Å². The number of hydrogen-bond donors (Lipinski definition) is 3. The Morgan fingerprint density at radius 3 is 2.73 bits per heavy atom. The molecule has 3 N–H and O–H groups in total. The van der Waals surface area contributed by atoms with Gasteiger partial charge in [-0.05, 0) is 35.6 Å². The Kier molecular flexibility index (Phi) is 3.97. The molecule has 2 saturated heterocycles. The summed E-state index contributed by atoms with van der Waals surface area (Å²) in [5, 5.41) is 10.5. The number of dihydropyridines is 1. The first-order valence-electron chi connectivity index (χ1n) is 9.40. The lowest BCUT2D eigenvalue weighted by atomic mass is 10.0. The lowest BCUT2D eigenvalue weighted by Crippen LogP contribution is -2.33. The maximum absolute atomic E-state index is 4.40. The summed E-state index contributed by atoms with van der Waals surface area (Å²) in [4.78, 5) is 11.3. The molecule has 6 nitrogen and oxygen atoms in total. The van der Waals surface area contributed by atoms with Crippen molar-refractivity contribution in [1.29, 1.82) is 0 Å². The molecule has 6 heteroatoms. The monoisotopic (exact) mass is 348 g/mol. The van der Waals surface area contributed by atoms with Gasteiger partial charge in [-0.3, -0.25) is 9.97 Å². The molecule has 3 aliphatic heterocycles. The third-order valence-corrected chi connectivity index (χ3v) is 5.68. The van der Waals surface area contributed by atoms with Gasteiger partial charge in [-0.1, -0.05) is 6.07 Å². The van der Waals surface area contributed by atoms with Gasteiger partial charge < -0.3 is 20.9 Å². The van der Waals surface area contributed by atoms with Crippen LogP contribution in [-0.2, 0) is 6.54 Å². The highest BCUT2D eigenvalue weighted by atomic mass is 15.2. The van der Waals surface area contributed by atoms with Crippen molar-refractivity contribution in [2.24, 2.45) is 11.8 Å². The van der Waals surface area contributed by atoms with Crippen LogP contribution in [0.15, 0.2) is 54.3 Å². The lowest BCUT2D eigenvalue weighted by Gasteiger charge is -2.28. The normalized spacial score (nSPS) is 24.8. The number of fused-ring (bicyclic) bond motifs is 2. The molecule has 3 aliphatic rings. The van der Waals surface area contributed by atoms with Crippen LogP contribution < -0.4 is 16.0 Å². The van der Waals surface area contributed by atoms with E-state index in [1.807, 2.05) is 6.07 Å². The van der Waals surface area contributed by atoms with E-state index >= 15 is 0 Å². The molecule has 2 unspecified atom stereocenters. The third kappa shape index (κ3) is 2.90. The van der Waals surface area contributed by atoms with E-state index in [0.717, 1.165) is 62.1 Å². The predicted molar refractivity (Wildman–Crippen MR) is 102 cm³/mol. The highest BCUT2D eigenvalue weighted by Crippen LogP contribution is 2.31. The van der Waals surface area contributed by atoms with Gasteiger partial charge in [0.1, 0.15) is 0 Å². The number of nitrogens with zero attached hydrogens (tertiary/aromatic N) is 3. The van der Waals surface area contributed by atoms with E-state index < -0.39 is 0 Å². The van der Waals surface area contributed by atoms with E-state index in [1.165, 1.54) is 17.0 Å². The molecule has 4 heterocycles. The summed E-state index contributed by atoms with van der Waals surface area (Å²) in [6, 6.07) is 6.27. The zero-order valence-electron chi connectivity index (χ0n) is 14.8. The van der Waals surface area contributed by atoms with Gasteiger partial charge in [0, 0.05) is 57.9 Å². The molecule has 2 fully saturated rings. The topological polar surface area (TPSA) is 65.1 Å². The van der Waals surface area contributed by atoms with Crippen molar-refractivity contribution in [3.05, 3.63) is 59.8 Å². The fourth-order valence-corrected chi connectivity index (χ4v) is 4.31. The maximum Gasteiger partial charge on any atom is 0.0890 e. The van der Waals surface area contributed by atoms with Crippen molar-refractivity contribution in [1.82, 2.24) is 30.8 Å². The molecule has 134 valence electrons. The molecule has 0 bridgehead atoms. The Labute approximate surface area is 153 Å². The zero-order chi connectivity index (χ0) is 17.3. The van der Waals surface area contributed by atoms with Crippen molar-refractivity contribution >= 4 is 11.0 Å². The van der Waals surface area contributed by atoms with Crippen LogP contribution in [0.5, 0.6) is 0 Å². The molecule has 2 aromatic rings. The van der Waals surface area contributed by atoms with Crippen LogP contribution in [0.3, 0.4) is 0 Å². The smallest absolute Gasteiger partial charge is 0.0890 e. The minimum Gasteiger partial charge on any atom is -0.386 e. The SMILES string of the molecule is C1=C(NCc2ccc3nccnc3c2)C(N2CC3CNCC3C2)=CCN1. The number of likely N-dealkylation sites (tertiary alicyclic amines) is 1. The number of hydrogen-bond acceptors (Lipinski definition) is 6. The quantitative estimate of drug-likeness (QED) is 0.772. The summed E-state index contributed by atoms with van der Waals surface area (Å²) in [6.45, 7) is 6.33. The molecule has 1 aromatic heterocycles. The molecule has 2 atom stereocenters. The minimum absolute atomic E-state index is 0.777. The summed E-state index contributed by atoms with van der Waals surface area (Å²) < 4.78 is 0. The van der Waals surface area contributed by atoms with E-state index in [4.69, 9.17) is 0 Å². The van der Waals surface area contributed by atoms with Gasteiger partial charge in [0.2, 0.25) is 0 Å². The lowest BCUT2D eigenvalue weighted by molar-refractivity contribution is 0.387. The Morgan fingerprint density at radius 1 is 1.08 bits per heavy atom. The van der Waals surface area contributed by atoms with Crippen LogP contribution in [0.1, 0.15) is 5.56 Å². The van der Waals surface area contributed by atoms with E-state index in [9.17, 15) is 0 Å². The number of benzene rings is 1. The molecule has 0 aliphatic carbocycles. The van der Waals surface area contributed by atoms with E-state index in [0.29, 0.717) is 0 Å². The fraction of sp³-hybridized carbons (Fsp3) is 0.400. The first-order valence-corrected chi connectivity index (χ1v) is 9.40. The Hall–Kier alpha value is -2.60. The largest absolute Gasteiger partial charge is 0.386 e. The second kappa shape index (κ2) is 6.61. The van der Waals surface area contributed by atoms with Crippen molar-refractivity contribution in [2.45, 2.75) is 6.54 Å². The van der Waals surface area contributed by atoms with Crippen molar-refractivity contribution < 1.29 is 0 Å².